The molecule has 3 N–H and O–H groups in total. The number of carbonyl (C=O) groups excluding carboxylic acids is 1. The van der Waals surface area contributed by atoms with Gasteiger partial charge in [-0.2, -0.15) is 4.98 Å². The minimum absolute atomic E-state index is 0.189. The Bertz CT molecular complexity index is 400. The summed E-state index contributed by atoms with van der Waals surface area (Å²) in [5.41, 5.74) is 0. The first-order valence-electron chi connectivity index (χ1n) is 4.44. The molecule has 2 unspecified atom stereocenters. The van der Waals surface area contributed by atoms with Gasteiger partial charge in [0.15, 0.2) is 6.04 Å². The van der Waals surface area contributed by atoms with Crippen molar-refractivity contribution in [1.29, 1.82) is 0 Å². The molecule has 16 heavy (non-hydrogen) atoms. The number of carbonyl (C=O) groups is 2. The third kappa shape index (κ3) is 2.76. The normalized spacial score (nSPS) is 14.2. The molecule has 0 aromatic carbocycles. The SMILES string of the molecule is Cc1nc(C(=O)NC(C(=O)O)C(C)O)no1. The number of amides is 1. The molecular weight excluding hydrogens is 218 g/mol. The summed E-state index contributed by atoms with van der Waals surface area (Å²) in [5, 5.41) is 23.2. The van der Waals surface area contributed by atoms with Crippen molar-refractivity contribution in [3.63, 3.8) is 0 Å². The van der Waals surface area contributed by atoms with Gasteiger partial charge in [-0.3, -0.25) is 4.79 Å². The highest BCUT2D eigenvalue weighted by molar-refractivity contribution is 5.93. The van der Waals surface area contributed by atoms with Gasteiger partial charge in [0.25, 0.3) is 11.7 Å². The Morgan fingerprint density at radius 1 is 1.50 bits per heavy atom. The molecule has 1 rings (SSSR count). The number of rotatable bonds is 4. The molecule has 0 aliphatic rings. The summed E-state index contributed by atoms with van der Waals surface area (Å²) < 4.78 is 4.56. The van der Waals surface area contributed by atoms with Crippen LogP contribution in [0, 0.1) is 6.92 Å². The number of aliphatic carboxylic acids is 1. The van der Waals surface area contributed by atoms with Crippen LogP contribution in [0.2, 0.25) is 0 Å². The molecule has 1 aromatic heterocycles. The molecule has 2 atom stereocenters. The number of nitrogens with one attached hydrogen (secondary N) is 1. The van der Waals surface area contributed by atoms with E-state index in [1.807, 2.05) is 0 Å². The van der Waals surface area contributed by atoms with E-state index in [1.54, 1.807) is 0 Å². The van der Waals surface area contributed by atoms with Gasteiger partial charge in [-0.15, -0.1) is 0 Å². The largest absolute Gasteiger partial charge is 0.480 e. The first-order chi connectivity index (χ1) is 7.41. The highest BCUT2D eigenvalue weighted by Gasteiger charge is 2.27. The minimum atomic E-state index is -1.41. The van der Waals surface area contributed by atoms with Crippen LogP contribution in [-0.2, 0) is 4.79 Å². The standard InChI is InChI=1S/C8H11N3O5/c1-3(12)5(8(14)15)10-7(13)6-9-4(2)16-11-6/h3,5,12H,1-2H3,(H,10,13)(H,14,15). The maximum Gasteiger partial charge on any atom is 0.328 e. The van der Waals surface area contributed by atoms with Crippen LogP contribution in [0.4, 0.5) is 0 Å². The molecule has 0 aliphatic heterocycles. The molecule has 8 heteroatoms. The molecule has 1 heterocycles. The highest BCUT2D eigenvalue weighted by atomic mass is 16.5. The number of hydrogen-bond donors (Lipinski definition) is 3. The number of aliphatic hydroxyl groups excluding tert-OH is 1. The average Bonchev–Trinajstić information content (AvgIpc) is 2.59. The third-order valence-corrected chi connectivity index (χ3v) is 1.77. The third-order valence-electron chi connectivity index (χ3n) is 1.77. The minimum Gasteiger partial charge on any atom is -0.480 e. The van der Waals surface area contributed by atoms with Gasteiger partial charge in [0.1, 0.15) is 0 Å². The van der Waals surface area contributed by atoms with E-state index < -0.39 is 24.0 Å². The molecule has 0 bridgehead atoms. The number of nitrogens with zero attached hydrogens (tertiary/aromatic N) is 2. The second-order valence-corrected chi connectivity index (χ2v) is 3.17. The van der Waals surface area contributed by atoms with Gasteiger partial charge in [-0.05, 0) is 6.92 Å². The van der Waals surface area contributed by atoms with E-state index in [9.17, 15) is 9.59 Å². The number of aliphatic hydroxyl groups is 1. The Kier molecular flexibility index (Phi) is 3.56. The van der Waals surface area contributed by atoms with Crippen LogP contribution in [-0.4, -0.2) is 44.4 Å². The van der Waals surface area contributed by atoms with Crippen LogP contribution in [0.5, 0.6) is 0 Å². The van der Waals surface area contributed by atoms with Crippen molar-refractivity contribution in [3.8, 4) is 0 Å². The maximum absolute atomic E-state index is 11.4. The Hall–Kier alpha value is -1.96. The Morgan fingerprint density at radius 3 is 2.50 bits per heavy atom. The number of carboxylic acids is 1. The van der Waals surface area contributed by atoms with Gasteiger partial charge >= 0.3 is 5.97 Å². The van der Waals surface area contributed by atoms with E-state index in [2.05, 4.69) is 20.0 Å². The van der Waals surface area contributed by atoms with Crippen molar-refractivity contribution in [3.05, 3.63) is 11.7 Å². The van der Waals surface area contributed by atoms with E-state index in [0.29, 0.717) is 0 Å². The lowest BCUT2D eigenvalue weighted by molar-refractivity contribution is -0.141. The lowest BCUT2D eigenvalue weighted by Crippen LogP contribution is -2.47. The van der Waals surface area contributed by atoms with Crippen LogP contribution in [0.1, 0.15) is 23.4 Å². The Labute approximate surface area is 90.3 Å². The highest BCUT2D eigenvalue weighted by Crippen LogP contribution is 1.98. The molecule has 88 valence electrons. The number of aryl methyl sites for hydroxylation is 1. The van der Waals surface area contributed by atoms with E-state index in [0.717, 1.165) is 0 Å². The summed E-state index contributed by atoms with van der Waals surface area (Å²) in [4.78, 5) is 25.7. The van der Waals surface area contributed by atoms with Crippen molar-refractivity contribution < 1.29 is 24.3 Å². The Balaban J connectivity index is 2.73. The van der Waals surface area contributed by atoms with Gasteiger partial charge in [-0.25, -0.2) is 4.79 Å². The lowest BCUT2D eigenvalue weighted by atomic mass is 10.2. The molecular formula is C8H11N3O5. The van der Waals surface area contributed by atoms with Crippen LogP contribution in [0.25, 0.3) is 0 Å². The van der Waals surface area contributed by atoms with Crippen molar-refractivity contribution in [1.82, 2.24) is 15.5 Å². The van der Waals surface area contributed by atoms with E-state index >= 15 is 0 Å². The fourth-order valence-electron chi connectivity index (χ4n) is 0.986. The second kappa shape index (κ2) is 4.71. The molecule has 1 aromatic rings. The first-order valence-corrected chi connectivity index (χ1v) is 4.44. The second-order valence-electron chi connectivity index (χ2n) is 3.17. The molecule has 1 amide bonds. The van der Waals surface area contributed by atoms with E-state index in [-0.39, 0.29) is 11.7 Å². The summed E-state index contributed by atoms with van der Waals surface area (Å²) >= 11 is 0. The van der Waals surface area contributed by atoms with Crippen LogP contribution >= 0.6 is 0 Å². The van der Waals surface area contributed by atoms with Gasteiger partial charge in [0, 0.05) is 6.92 Å². The van der Waals surface area contributed by atoms with Gasteiger partial charge < -0.3 is 20.1 Å². The molecule has 0 radical (unpaired) electrons. The number of carboxylic acid groups (broad SMARTS) is 1. The van der Waals surface area contributed by atoms with E-state index in [4.69, 9.17) is 10.2 Å². The number of hydrogen-bond acceptors (Lipinski definition) is 6. The predicted molar refractivity (Wildman–Crippen MR) is 49.6 cm³/mol. The molecule has 0 spiro atoms. The van der Waals surface area contributed by atoms with Crippen molar-refractivity contribution in [2.45, 2.75) is 26.0 Å². The quantitative estimate of drug-likeness (QED) is 0.600. The monoisotopic (exact) mass is 229 g/mol. The fourth-order valence-corrected chi connectivity index (χ4v) is 0.986. The first kappa shape index (κ1) is 12.1. The zero-order chi connectivity index (χ0) is 12.3. The van der Waals surface area contributed by atoms with Gasteiger partial charge in [0.2, 0.25) is 5.89 Å². The predicted octanol–water partition coefficient (Wildman–Crippen LogP) is -1.06. The van der Waals surface area contributed by atoms with Crippen LogP contribution in [0.3, 0.4) is 0 Å². The Morgan fingerprint density at radius 2 is 2.12 bits per heavy atom. The maximum atomic E-state index is 11.4. The summed E-state index contributed by atoms with van der Waals surface area (Å²) in [7, 11) is 0. The molecule has 0 saturated heterocycles. The van der Waals surface area contributed by atoms with Crippen LogP contribution < -0.4 is 5.32 Å². The van der Waals surface area contributed by atoms with Crippen molar-refractivity contribution in [2.75, 3.05) is 0 Å². The summed E-state index contributed by atoms with van der Waals surface area (Å²) in [6.07, 6.45) is -1.23. The number of aromatic nitrogens is 2. The van der Waals surface area contributed by atoms with Gasteiger partial charge in [-0.1, -0.05) is 5.16 Å². The molecule has 0 fully saturated rings. The molecule has 0 saturated carbocycles. The van der Waals surface area contributed by atoms with Crippen molar-refractivity contribution >= 4 is 11.9 Å². The van der Waals surface area contributed by atoms with E-state index in [1.165, 1.54) is 13.8 Å². The molecule has 0 aliphatic carbocycles. The zero-order valence-electron chi connectivity index (χ0n) is 8.67. The summed E-state index contributed by atoms with van der Waals surface area (Å²) in [5.74, 6) is -2.24. The smallest absolute Gasteiger partial charge is 0.328 e. The fraction of sp³-hybridized carbons (Fsp3) is 0.500. The molecule has 8 nitrogen and oxygen atoms in total. The van der Waals surface area contributed by atoms with Crippen LogP contribution in [0.15, 0.2) is 4.52 Å². The topological polar surface area (TPSA) is 126 Å². The summed E-state index contributed by atoms with van der Waals surface area (Å²) in [6, 6.07) is -1.41. The van der Waals surface area contributed by atoms with Gasteiger partial charge in [0.05, 0.1) is 6.10 Å². The van der Waals surface area contributed by atoms with Crippen molar-refractivity contribution in [2.24, 2.45) is 0 Å². The average molecular weight is 229 g/mol. The zero-order valence-corrected chi connectivity index (χ0v) is 8.67. The lowest BCUT2D eigenvalue weighted by Gasteiger charge is -2.15. The summed E-state index contributed by atoms with van der Waals surface area (Å²) in [6.45, 7) is 2.74.